The number of ketones is 1. The normalized spacial score (nSPS) is 10.1. The quantitative estimate of drug-likeness (QED) is 0.407. The summed E-state index contributed by atoms with van der Waals surface area (Å²) in [6, 6.07) is 5.39. The molecule has 0 atom stereocenters. The lowest BCUT2D eigenvalue weighted by Crippen LogP contribution is -2.24. The lowest BCUT2D eigenvalue weighted by Gasteiger charge is -2.05. The number of nitrogens with one attached hydrogen (secondary N) is 1. The fourth-order valence-corrected chi connectivity index (χ4v) is 1.74. The summed E-state index contributed by atoms with van der Waals surface area (Å²) in [5, 5.41) is 21.7. The average molecular weight is 294 g/mol. The molecule has 0 aliphatic carbocycles. The molecule has 0 aliphatic rings. The van der Waals surface area contributed by atoms with Crippen LogP contribution in [0.3, 0.4) is 0 Å². The number of rotatable bonds is 9. The molecule has 114 valence electrons. The molecule has 0 spiro atoms. The highest BCUT2D eigenvalue weighted by atomic mass is 16.6. The average Bonchev–Trinajstić information content (AvgIpc) is 2.50. The van der Waals surface area contributed by atoms with Gasteiger partial charge < -0.3 is 10.4 Å². The summed E-state index contributed by atoms with van der Waals surface area (Å²) >= 11 is 0. The Labute approximate surface area is 122 Å². The first kappa shape index (κ1) is 16.8. The van der Waals surface area contributed by atoms with E-state index in [0.29, 0.717) is 24.9 Å². The summed E-state index contributed by atoms with van der Waals surface area (Å²) < 4.78 is 0. The van der Waals surface area contributed by atoms with Crippen molar-refractivity contribution in [2.45, 2.75) is 25.7 Å². The number of Topliss-reactive ketones (excluding diaryl/α,β-unsaturated/α-hetero) is 1. The highest BCUT2D eigenvalue weighted by Gasteiger charge is 2.08. The molecule has 0 fully saturated rings. The van der Waals surface area contributed by atoms with Crippen molar-refractivity contribution in [3.63, 3.8) is 0 Å². The maximum absolute atomic E-state index is 11.7. The number of carbonyl (C=O) groups is 2. The largest absolute Gasteiger partial charge is 0.389 e. The molecule has 0 radical (unpaired) electrons. The van der Waals surface area contributed by atoms with Crippen molar-refractivity contribution in [2.24, 2.45) is 0 Å². The third-order valence-corrected chi connectivity index (χ3v) is 2.93. The van der Waals surface area contributed by atoms with Crippen molar-refractivity contribution in [3.8, 4) is 0 Å². The topological polar surface area (TPSA) is 110 Å². The highest BCUT2D eigenvalue weighted by Crippen LogP contribution is 2.11. The predicted molar refractivity (Wildman–Crippen MR) is 76.0 cm³/mol. The van der Waals surface area contributed by atoms with E-state index < -0.39 is 11.5 Å². The smallest absolute Gasteiger partial charge is 0.269 e. The van der Waals surface area contributed by atoms with Crippen LogP contribution in [0.4, 0.5) is 5.69 Å². The number of nitro benzene ring substituents is 1. The van der Waals surface area contributed by atoms with Gasteiger partial charge in [0.15, 0.2) is 5.78 Å². The van der Waals surface area contributed by atoms with Gasteiger partial charge in [-0.3, -0.25) is 19.7 Å². The van der Waals surface area contributed by atoms with E-state index in [-0.39, 0.29) is 17.4 Å². The van der Waals surface area contributed by atoms with Gasteiger partial charge in [0, 0.05) is 30.7 Å². The van der Waals surface area contributed by atoms with E-state index >= 15 is 0 Å². The Bertz CT molecular complexity index is 499. The van der Waals surface area contributed by atoms with Gasteiger partial charge in [-0.15, -0.1) is 0 Å². The molecule has 1 aromatic rings. The second kappa shape index (κ2) is 8.80. The van der Waals surface area contributed by atoms with Gasteiger partial charge in [0.25, 0.3) is 11.6 Å². The maximum atomic E-state index is 11.7. The lowest BCUT2D eigenvalue weighted by atomic mass is 10.1. The molecule has 1 rings (SSSR count). The van der Waals surface area contributed by atoms with E-state index in [1.54, 1.807) is 0 Å². The molecule has 1 amide bonds. The second-order valence-corrected chi connectivity index (χ2v) is 4.57. The number of amides is 1. The van der Waals surface area contributed by atoms with E-state index in [0.717, 1.165) is 12.8 Å². The van der Waals surface area contributed by atoms with Crippen molar-refractivity contribution < 1.29 is 19.6 Å². The highest BCUT2D eigenvalue weighted by molar-refractivity contribution is 5.94. The van der Waals surface area contributed by atoms with Gasteiger partial charge in [-0.25, -0.2) is 0 Å². The number of carbonyl (C=O) groups excluding carboxylic acids is 2. The minimum atomic E-state index is -0.518. The van der Waals surface area contributed by atoms with Gasteiger partial charge in [0.2, 0.25) is 0 Å². The van der Waals surface area contributed by atoms with Crippen LogP contribution in [0, 0.1) is 10.1 Å². The first-order chi connectivity index (χ1) is 10.0. The molecular formula is C14H18N2O5. The predicted octanol–water partition coefficient (Wildman–Crippen LogP) is 1.45. The monoisotopic (exact) mass is 294 g/mol. The van der Waals surface area contributed by atoms with Gasteiger partial charge >= 0.3 is 0 Å². The maximum Gasteiger partial charge on any atom is 0.269 e. The van der Waals surface area contributed by atoms with Crippen molar-refractivity contribution in [1.29, 1.82) is 0 Å². The lowest BCUT2D eigenvalue weighted by molar-refractivity contribution is -0.384. The van der Waals surface area contributed by atoms with E-state index in [4.69, 9.17) is 5.11 Å². The van der Waals surface area contributed by atoms with Gasteiger partial charge in [-0.1, -0.05) is 6.42 Å². The van der Waals surface area contributed by atoms with Crippen LogP contribution in [0.5, 0.6) is 0 Å². The molecular weight excluding hydrogens is 276 g/mol. The zero-order valence-electron chi connectivity index (χ0n) is 11.6. The molecule has 21 heavy (non-hydrogen) atoms. The van der Waals surface area contributed by atoms with Crippen LogP contribution in [0.15, 0.2) is 24.3 Å². The molecule has 0 unspecified atom stereocenters. The number of unbranched alkanes of at least 4 members (excludes halogenated alkanes) is 2. The summed E-state index contributed by atoms with van der Waals surface area (Å²) in [5.74, 6) is -0.457. The number of hydrogen-bond donors (Lipinski definition) is 2. The third kappa shape index (κ3) is 6.13. The molecule has 0 bridgehead atoms. The SMILES string of the molecule is O=C(CO)CCCCCNC(=O)c1ccc([N+](=O)[O-])cc1. The molecule has 0 saturated heterocycles. The summed E-state index contributed by atoms with van der Waals surface area (Å²) in [4.78, 5) is 32.6. The van der Waals surface area contributed by atoms with Crippen molar-refractivity contribution >= 4 is 17.4 Å². The van der Waals surface area contributed by atoms with Crippen LogP contribution in [0.2, 0.25) is 0 Å². The number of nitro groups is 1. The molecule has 0 saturated carbocycles. The number of hydrogen-bond acceptors (Lipinski definition) is 5. The van der Waals surface area contributed by atoms with Gasteiger partial charge in [-0.2, -0.15) is 0 Å². The Morgan fingerprint density at radius 3 is 2.38 bits per heavy atom. The summed E-state index contributed by atoms with van der Waals surface area (Å²) in [5.41, 5.74) is 0.316. The van der Waals surface area contributed by atoms with Gasteiger partial charge in [-0.05, 0) is 25.0 Å². The molecule has 7 heteroatoms. The Hall–Kier alpha value is -2.28. The van der Waals surface area contributed by atoms with Crippen molar-refractivity contribution in [2.75, 3.05) is 13.2 Å². The zero-order chi connectivity index (χ0) is 15.7. The summed E-state index contributed by atoms with van der Waals surface area (Å²) in [6.45, 7) is 0.0556. The van der Waals surface area contributed by atoms with Crippen LogP contribution < -0.4 is 5.32 Å². The van der Waals surface area contributed by atoms with E-state index in [9.17, 15) is 19.7 Å². The molecule has 2 N–H and O–H groups in total. The van der Waals surface area contributed by atoms with Crippen molar-refractivity contribution in [3.05, 3.63) is 39.9 Å². The molecule has 0 aliphatic heterocycles. The molecule has 0 heterocycles. The number of aliphatic hydroxyl groups excluding tert-OH is 1. The first-order valence-corrected chi connectivity index (χ1v) is 6.70. The van der Waals surface area contributed by atoms with Crippen molar-refractivity contribution in [1.82, 2.24) is 5.32 Å². The number of non-ortho nitro benzene ring substituents is 1. The summed E-state index contributed by atoms with van der Waals surface area (Å²) in [6.07, 6.45) is 2.56. The fraction of sp³-hybridized carbons (Fsp3) is 0.429. The Kier molecular flexibility index (Phi) is 7.03. The van der Waals surface area contributed by atoms with Crippen LogP contribution in [0.25, 0.3) is 0 Å². The zero-order valence-corrected chi connectivity index (χ0v) is 11.6. The van der Waals surface area contributed by atoms with Gasteiger partial charge in [0.1, 0.15) is 6.61 Å². The first-order valence-electron chi connectivity index (χ1n) is 6.70. The standard InChI is InChI=1S/C14H18N2O5/c17-10-13(18)4-2-1-3-9-15-14(19)11-5-7-12(8-6-11)16(20)21/h5-8,17H,1-4,9-10H2,(H,15,19). The second-order valence-electron chi connectivity index (χ2n) is 4.57. The van der Waals surface area contributed by atoms with Crippen LogP contribution in [-0.4, -0.2) is 34.9 Å². The minimum Gasteiger partial charge on any atom is -0.389 e. The minimum absolute atomic E-state index is 0.0555. The van der Waals surface area contributed by atoms with Crippen LogP contribution >= 0.6 is 0 Å². The molecule has 1 aromatic carbocycles. The fourth-order valence-electron chi connectivity index (χ4n) is 1.74. The summed E-state index contributed by atoms with van der Waals surface area (Å²) in [7, 11) is 0. The van der Waals surface area contributed by atoms with Gasteiger partial charge in [0.05, 0.1) is 4.92 Å². The number of nitrogens with zero attached hydrogens (tertiary/aromatic N) is 1. The Morgan fingerprint density at radius 2 is 1.81 bits per heavy atom. The van der Waals surface area contributed by atoms with E-state index in [1.807, 2.05) is 0 Å². The Balaban J connectivity index is 2.24. The van der Waals surface area contributed by atoms with Crippen LogP contribution in [0.1, 0.15) is 36.0 Å². The number of aliphatic hydroxyl groups is 1. The molecule has 7 nitrogen and oxygen atoms in total. The third-order valence-electron chi connectivity index (χ3n) is 2.93. The van der Waals surface area contributed by atoms with E-state index in [1.165, 1.54) is 24.3 Å². The Morgan fingerprint density at radius 1 is 1.14 bits per heavy atom. The van der Waals surface area contributed by atoms with E-state index in [2.05, 4.69) is 5.32 Å². The number of benzene rings is 1. The molecule has 0 aromatic heterocycles. The van der Waals surface area contributed by atoms with Crippen LogP contribution in [-0.2, 0) is 4.79 Å².